The van der Waals surface area contributed by atoms with Crippen molar-refractivity contribution in [2.45, 2.75) is 25.4 Å². The first-order valence-electron chi connectivity index (χ1n) is 10.9. The Morgan fingerprint density at radius 1 is 1.20 bits per heavy atom. The second-order valence-corrected chi connectivity index (χ2v) is 8.23. The fraction of sp³-hybridized carbons (Fsp3) is 0.292. The number of urea groups is 1. The van der Waals surface area contributed by atoms with E-state index in [-0.39, 0.29) is 24.0 Å². The summed E-state index contributed by atoms with van der Waals surface area (Å²) in [5.41, 5.74) is 6.04. The maximum absolute atomic E-state index is 13.6. The summed E-state index contributed by atoms with van der Waals surface area (Å²) in [6, 6.07) is 9.21. The van der Waals surface area contributed by atoms with Crippen LogP contribution in [0.2, 0.25) is 5.02 Å². The Kier molecular flexibility index (Phi) is 9.16. The van der Waals surface area contributed by atoms with Gasteiger partial charge in [-0.05, 0) is 60.7 Å². The molecule has 3 rings (SSSR count). The van der Waals surface area contributed by atoms with E-state index in [0.29, 0.717) is 30.3 Å². The molecule has 1 heterocycles. The van der Waals surface area contributed by atoms with Crippen LogP contribution in [-0.2, 0) is 11.3 Å². The van der Waals surface area contributed by atoms with E-state index in [9.17, 15) is 18.4 Å². The Hall–Kier alpha value is -3.50. The molecule has 0 bridgehead atoms. The van der Waals surface area contributed by atoms with Crippen LogP contribution >= 0.6 is 11.6 Å². The van der Waals surface area contributed by atoms with E-state index in [1.807, 2.05) is 0 Å². The topological polar surface area (TPSA) is 110 Å². The Balaban J connectivity index is 1.57. The van der Waals surface area contributed by atoms with Crippen LogP contribution in [0.1, 0.15) is 18.4 Å². The molecule has 0 aliphatic rings. The van der Waals surface area contributed by atoms with Gasteiger partial charge >= 0.3 is 12.1 Å². The van der Waals surface area contributed by atoms with Gasteiger partial charge in [0.25, 0.3) is 0 Å². The molecule has 0 saturated heterocycles. The normalized spacial score (nSPS) is 11.7. The van der Waals surface area contributed by atoms with Crippen molar-refractivity contribution in [2.24, 2.45) is 5.73 Å². The molecule has 0 spiro atoms. The fourth-order valence-corrected chi connectivity index (χ4v) is 3.57. The van der Waals surface area contributed by atoms with E-state index >= 15 is 0 Å². The molecule has 35 heavy (non-hydrogen) atoms. The molecule has 0 aliphatic carbocycles. The Bertz CT molecular complexity index is 1200. The number of fused-ring (bicyclic) bond motifs is 1. The number of halogens is 3. The van der Waals surface area contributed by atoms with Crippen LogP contribution in [-0.4, -0.2) is 48.2 Å². The van der Waals surface area contributed by atoms with Gasteiger partial charge in [-0.15, -0.1) is 0 Å². The first kappa shape index (κ1) is 26.1. The number of ether oxygens (including phenoxy) is 1. The number of hydrogen-bond acceptors (Lipinski definition) is 5. The lowest BCUT2D eigenvalue weighted by molar-refractivity contribution is 0.113. The van der Waals surface area contributed by atoms with Crippen molar-refractivity contribution in [1.29, 1.82) is 0 Å². The van der Waals surface area contributed by atoms with E-state index < -0.39 is 29.8 Å². The summed E-state index contributed by atoms with van der Waals surface area (Å²) in [5.74, 6) is -0.774. The summed E-state index contributed by atoms with van der Waals surface area (Å²) in [4.78, 5) is 30.5. The Morgan fingerprint density at radius 3 is 2.77 bits per heavy atom. The quantitative estimate of drug-likeness (QED) is 0.391. The predicted molar refractivity (Wildman–Crippen MR) is 130 cm³/mol. The minimum absolute atomic E-state index is 0.0267. The second kappa shape index (κ2) is 12.3. The van der Waals surface area contributed by atoms with Gasteiger partial charge in [-0.3, -0.25) is 5.32 Å². The molecule has 8 nitrogen and oxygen atoms in total. The van der Waals surface area contributed by atoms with Crippen LogP contribution in [0.4, 0.5) is 24.2 Å². The second-order valence-electron chi connectivity index (χ2n) is 7.85. The minimum Gasteiger partial charge on any atom is -0.447 e. The molecule has 0 aliphatic heterocycles. The Labute approximate surface area is 206 Å². The number of benzene rings is 2. The molecule has 1 atom stereocenters. The largest absolute Gasteiger partial charge is 0.447 e. The van der Waals surface area contributed by atoms with Crippen molar-refractivity contribution < 1.29 is 23.1 Å². The maximum Gasteiger partial charge on any atom is 0.412 e. The third kappa shape index (κ3) is 7.24. The van der Waals surface area contributed by atoms with E-state index in [2.05, 4.69) is 15.6 Å². The predicted octanol–water partition coefficient (Wildman–Crippen LogP) is 4.66. The third-order valence-electron chi connectivity index (χ3n) is 5.39. The molecule has 0 fully saturated rings. The van der Waals surface area contributed by atoms with Crippen LogP contribution in [0.3, 0.4) is 0 Å². The molecule has 4 N–H and O–H groups in total. The van der Waals surface area contributed by atoms with Crippen molar-refractivity contribution in [3.63, 3.8) is 0 Å². The number of anilines is 1. The lowest BCUT2D eigenvalue weighted by Gasteiger charge is -2.28. The van der Waals surface area contributed by atoms with Crippen molar-refractivity contribution in [2.75, 3.05) is 25.5 Å². The van der Waals surface area contributed by atoms with Gasteiger partial charge in [0.2, 0.25) is 0 Å². The number of pyridine rings is 1. The molecule has 3 aromatic rings. The zero-order valence-electron chi connectivity index (χ0n) is 19.1. The average molecular weight is 506 g/mol. The maximum atomic E-state index is 13.6. The molecular weight excluding hydrogens is 480 g/mol. The third-order valence-corrected chi connectivity index (χ3v) is 5.82. The van der Waals surface area contributed by atoms with Gasteiger partial charge in [-0.1, -0.05) is 23.7 Å². The summed E-state index contributed by atoms with van der Waals surface area (Å²) in [6.45, 7) is 0.326. The fourth-order valence-electron chi connectivity index (χ4n) is 3.38. The van der Waals surface area contributed by atoms with E-state index in [1.54, 1.807) is 19.2 Å². The highest BCUT2D eigenvalue weighted by Gasteiger charge is 2.22. The molecule has 0 radical (unpaired) electrons. The highest BCUT2D eigenvalue weighted by Crippen LogP contribution is 2.20. The van der Waals surface area contributed by atoms with Gasteiger partial charge in [0, 0.05) is 25.2 Å². The summed E-state index contributed by atoms with van der Waals surface area (Å²) in [5, 5.41) is 6.42. The number of nitrogens with two attached hydrogens (primary N) is 1. The number of carbonyl (C=O) groups is 2. The van der Waals surface area contributed by atoms with Gasteiger partial charge in [-0.25, -0.2) is 23.4 Å². The van der Waals surface area contributed by atoms with Gasteiger partial charge in [0.1, 0.15) is 24.1 Å². The van der Waals surface area contributed by atoms with Crippen LogP contribution in [0.15, 0.2) is 48.7 Å². The number of nitrogens with zero attached hydrogens (tertiary/aromatic N) is 2. The lowest BCUT2D eigenvalue weighted by atomic mass is 10.1. The van der Waals surface area contributed by atoms with Crippen molar-refractivity contribution in [3.8, 4) is 0 Å². The number of likely N-dealkylation sites (N-methyl/N-ethyl adjacent to an activating group) is 1. The van der Waals surface area contributed by atoms with Crippen LogP contribution in [0.5, 0.6) is 0 Å². The number of hydrogen-bond donors (Lipinski definition) is 3. The van der Waals surface area contributed by atoms with Gasteiger partial charge in [-0.2, -0.15) is 0 Å². The first-order valence-corrected chi connectivity index (χ1v) is 11.3. The SMILES string of the molecule is CN(C(=O)NCc1cccc(F)c1Cl)[C@@H](CCCN)COC(=O)Nc1cc2cc(F)ccc2cn1. The van der Waals surface area contributed by atoms with E-state index in [0.717, 1.165) is 5.39 Å². The molecule has 2 aromatic carbocycles. The van der Waals surface area contributed by atoms with Crippen LogP contribution in [0.25, 0.3) is 10.8 Å². The van der Waals surface area contributed by atoms with Crippen LogP contribution in [0, 0.1) is 11.6 Å². The number of rotatable bonds is 9. The molecule has 1 aromatic heterocycles. The van der Waals surface area contributed by atoms with E-state index in [4.69, 9.17) is 22.1 Å². The minimum atomic E-state index is -0.772. The smallest absolute Gasteiger partial charge is 0.412 e. The molecule has 0 saturated carbocycles. The first-order chi connectivity index (χ1) is 16.8. The highest BCUT2D eigenvalue weighted by atomic mass is 35.5. The zero-order valence-corrected chi connectivity index (χ0v) is 19.8. The molecule has 3 amide bonds. The van der Waals surface area contributed by atoms with Gasteiger partial charge < -0.3 is 20.7 Å². The standard InChI is InChI=1S/C24H26ClF2N5O3/c1-32(23(33)30-13-16-4-2-6-20(27)22(16)25)19(5-3-9-28)14-35-24(34)31-21-11-17-10-18(26)8-7-15(17)12-29-21/h2,4,6-8,10-12,19H,3,5,9,13-14,28H2,1H3,(H,30,33)(H,29,31,34)/t19-/m0/s1. The summed E-state index contributed by atoms with van der Waals surface area (Å²) < 4.78 is 32.4. The zero-order chi connectivity index (χ0) is 25.4. The number of aromatic nitrogens is 1. The molecule has 11 heteroatoms. The highest BCUT2D eigenvalue weighted by molar-refractivity contribution is 6.31. The van der Waals surface area contributed by atoms with Gasteiger partial charge in [0.05, 0.1) is 11.1 Å². The summed E-state index contributed by atoms with van der Waals surface area (Å²) >= 11 is 5.94. The number of nitrogens with one attached hydrogen (secondary N) is 2. The van der Waals surface area contributed by atoms with E-state index in [1.165, 1.54) is 41.4 Å². The number of amides is 3. The van der Waals surface area contributed by atoms with Crippen molar-refractivity contribution in [3.05, 3.63) is 70.9 Å². The lowest BCUT2D eigenvalue weighted by Crippen LogP contribution is -2.46. The van der Waals surface area contributed by atoms with Gasteiger partial charge in [0.15, 0.2) is 0 Å². The van der Waals surface area contributed by atoms with Crippen LogP contribution < -0.4 is 16.4 Å². The monoisotopic (exact) mass is 505 g/mol. The summed E-state index contributed by atoms with van der Waals surface area (Å²) in [7, 11) is 1.56. The molecular formula is C24H26ClF2N5O3. The number of carbonyl (C=O) groups excluding carboxylic acids is 2. The van der Waals surface area contributed by atoms with Crippen molar-refractivity contribution >= 4 is 40.3 Å². The molecule has 0 unspecified atom stereocenters. The molecule has 186 valence electrons. The average Bonchev–Trinajstić information content (AvgIpc) is 2.84. The van der Waals surface area contributed by atoms with Crippen molar-refractivity contribution in [1.82, 2.24) is 15.2 Å². The summed E-state index contributed by atoms with van der Waals surface area (Å²) in [6.07, 6.45) is 1.83. The Morgan fingerprint density at radius 2 is 2.00 bits per heavy atom.